The Kier molecular flexibility index (Phi) is 7.11. The van der Waals surface area contributed by atoms with Crippen LogP contribution >= 0.6 is 0 Å². The van der Waals surface area contributed by atoms with Crippen molar-refractivity contribution in [3.05, 3.63) is 23.7 Å². The first-order valence-electron chi connectivity index (χ1n) is 7.48. The van der Waals surface area contributed by atoms with Crippen LogP contribution in [0, 0.1) is 5.92 Å². The summed E-state index contributed by atoms with van der Waals surface area (Å²) in [5, 5.41) is 3.66. The van der Waals surface area contributed by atoms with Gasteiger partial charge in [-0.1, -0.05) is 40.5 Å². The molecule has 1 aromatic heterocycles. The van der Waals surface area contributed by atoms with E-state index in [1.54, 1.807) is 0 Å². The summed E-state index contributed by atoms with van der Waals surface area (Å²) in [5.41, 5.74) is 1.37. The molecule has 104 valence electrons. The predicted molar refractivity (Wildman–Crippen MR) is 77.8 cm³/mol. The molecule has 0 aliphatic carbocycles. The molecule has 2 heteroatoms. The zero-order valence-electron chi connectivity index (χ0n) is 12.5. The highest BCUT2D eigenvalue weighted by Gasteiger charge is 2.16. The summed E-state index contributed by atoms with van der Waals surface area (Å²) >= 11 is 0. The zero-order valence-corrected chi connectivity index (χ0v) is 12.5. The van der Waals surface area contributed by atoms with Crippen molar-refractivity contribution in [1.82, 2.24) is 5.32 Å². The fraction of sp³-hybridized carbons (Fsp3) is 0.750. The van der Waals surface area contributed by atoms with E-state index in [9.17, 15) is 0 Å². The van der Waals surface area contributed by atoms with Crippen LogP contribution in [0.25, 0.3) is 0 Å². The van der Waals surface area contributed by atoms with Crippen molar-refractivity contribution >= 4 is 0 Å². The molecule has 0 amide bonds. The van der Waals surface area contributed by atoms with Crippen LogP contribution in [-0.2, 0) is 6.42 Å². The first kappa shape index (κ1) is 15.3. The van der Waals surface area contributed by atoms with Crippen LogP contribution in [0.5, 0.6) is 0 Å². The van der Waals surface area contributed by atoms with Gasteiger partial charge in [-0.15, -0.1) is 0 Å². The van der Waals surface area contributed by atoms with Crippen molar-refractivity contribution in [2.24, 2.45) is 5.92 Å². The van der Waals surface area contributed by atoms with Gasteiger partial charge in [-0.25, -0.2) is 0 Å². The highest BCUT2D eigenvalue weighted by Crippen LogP contribution is 2.25. The van der Waals surface area contributed by atoms with Gasteiger partial charge in [-0.2, -0.15) is 0 Å². The van der Waals surface area contributed by atoms with Crippen LogP contribution in [0.4, 0.5) is 0 Å². The minimum Gasteiger partial charge on any atom is -0.469 e. The lowest BCUT2D eigenvalue weighted by Crippen LogP contribution is -2.22. The Morgan fingerprint density at radius 2 is 2.00 bits per heavy atom. The van der Waals surface area contributed by atoms with E-state index in [2.05, 4.69) is 39.1 Å². The van der Waals surface area contributed by atoms with Gasteiger partial charge >= 0.3 is 0 Å². The molecular weight excluding hydrogens is 222 g/mol. The molecule has 0 bridgehead atoms. The van der Waals surface area contributed by atoms with Crippen molar-refractivity contribution in [2.45, 2.75) is 65.8 Å². The molecule has 2 nitrogen and oxygen atoms in total. The summed E-state index contributed by atoms with van der Waals surface area (Å²) in [6, 6.07) is 2.61. The van der Waals surface area contributed by atoms with E-state index in [4.69, 9.17) is 4.42 Å². The second-order valence-corrected chi connectivity index (χ2v) is 5.48. The third kappa shape index (κ3) is 4.85. The summed E-state index contributed by atoms with van der Waals surface area (Å²) < 4.78 is 5.56. The molecule has 1 rings (SSSR count). The van der Waals surface area contributed by atoms with Gasteiger partial charge in [0.15, 0.2) is 0 Å². The van der Waals surface area contributed by atoms with Crippen molar-refractivity contribution in [3.8, 4) is 0 Å². The van der Waals surface area contributed by atoms with Gasteiger partial charge in [0.2, 0.25) is 0 Å². The van der Waals surface area contributed by atoms with Gasteiger partial charge in [0, 0.05) is 18.0 Å². The molecule has 0 saturated heterocycles. The molecule has 0 aromatic carbocycles. The van der Waals surface area contributed by atoms with E-state index in [0.29, 0.717) is 6.04 Å². The summed E-state index contributed by atoms with van der Waals surface area (Å²) in [7, 11) is 0. The minimum atomic E-state index is 0.470. The first-order chi connectivity index (χ1) is 8.69. The summed E-state index contributed by atoms with van der Waals surface area (Å²) in [6.45, 7) is 10.1. The van der Waals surface area contributed by atoms with Crippen molar-refractivity contribution in [1.29, 1.82) is 0 Å². The quantitative estimate of drug-likeness (QED) is 0.687. The maximum atomic E-state index is 5.56. The van der Waals surface area contributed by atoms with Crippen LogP contribution in [-0.4, -0.2) is 6.54 Å². The van der Waals surface area contributed by atoms with Crippen LogP contribution in [0.1, 0.15) is 70.7 Å². The van der Waals surface area contributed by atoms with Crippen LogP contribution in [0.3, 0.4) is 0 Å². The average Bonchev–Trinajstić information content (AvgIpc) is 2.81. The number of hydrogen-bond acceptors (Lipinski definition) is 2. The van der Waals surface area contributed by atoms with E-state index in [1.165, 1.54) is 31.2 Å². The molecule has 1 unspecified atom stereocenters. The first-order valence-corrected chi connectivity index (χ1v) is 7.48. The van der Waals surface area contributed by atoms with Gasteiger partial charge in [0.1, 0.15) is 5.76 Å². The molecule has 1 atom stereocenters. The lowest BCUT2D eigenvalue weighted by molar-refractivity contribution is 0.435. The van der Waals surface area contributed by atoms with Crippen LogP contribution in [0.15, 0.2) is 16.7 Å². The molecule has 0 aliphatic rings. The number of furan rings is 1. The van der Waals surface area contributed by atoms with Gasteiger partial charge in [0.25, 0.3) is 0 Å². The molecule has 1 heterocycles. The third-order valence-electron chi connectivity index (χ3n) is 3.39. The molecule has 0 spiro atoms. The summed E-state index contributed by atoms with van der Waals surface area (Å²) in [4.78, 5) is 0. The lowest BCUT2D eigenvalue weighted by Gasteiger charge is -2.19. The topological polar surface area (TPSA) is 25.2 Å². The van der Waals surface area contributed by atoms with Gasteiger partial charge in [-0.3, -0.25) is 0 Å². The maximum Gasteiger partial charge on any atom is 0.108 e. The highest BCUT2D eigenvalue weighted by molar-refractivity contribution is 5.21. The fourth-order valence-corrected chi connectivity index (χ4v) is 2.36. The Morgan fingerprint density at radius 1 is 1.22 bits per heavy atom. The van der Waals surface area contributed by atoms with E-state index < -0.39 is 0 Å². The zero-order chi connectivity index (χ0) is 13.4. The van der Waals surface area contributed by atoms with Crippen molar-refractivity contribution in [3.63, 3.8) is 0 Å². The van der Waals surface area contributed by atoms with Crippen LogP contribution < -0.4 is 5.32 Å². The lowest BCUT2D eigenvalue weighted by atomic mass is 9.97. The number of hydrogen-bond donors (Lipinski definition) is 1. The van der Waals surface area contributed by atoms with Crippen molar-refractivity contribution in [2.75, 3.05) is 6.54 Å². The monoisotopic (exact) mass is 251 g/mol. The molecule has 0 radical (unpaired) electrons. The Hall–Kier alpha value is -0.760. The normalized spacial score (nSPS) is 13.2. The SMILES string of the molecule is CCCNC(CCCC(C)C)c1ccoc1CC. The third-order valence-corrected chi connectivity index (χ3v) is 3.39. The second-order valence-electron chi connectivity index (χ2n) is 5.48. The molecule has 18 heavy (non-hydrogen) atoms. The van der Waals surface area contributed by atoms with Crippen LogP contribution in [0.2, 0.25) is 0 Å². The average molecular weight is 251 g/mol. The summed E-state index contributed by atoms with van der Waals surface area (Å²) in [6.07, 6.45) is 7.80. The van der Waals surface area contributed by atoms with E-state index in [1.807, 2.05) is 6.26 Å². The Balaban J connectivity index is 2.59. The molecule has 1 N–H and O–H groups in total. The maximum absolute atomic E-state index is 5.56. The molecule has 0 saturated carbocycles. The number of nitrogens with one attached hydrogen (secondary N) is 1. The standard InChI is InChI=1S/C16H29NO/c1-5-11-17-15(9-7-8-13(3)4)14-10-12-18-16(14)6-2/h10,12-13,15,17H,5-9,11H2,1-4H3. The van der Waals surface area contributed by atoms with E-state index in [-0.39, 0.29) is 0 Å². The molecule has 0 aliphatic heterocycles. The molecule has 0 fully saturated rings. The summed E-state index contributed by atoms with van der Waals surface area (Å²) in [5.74, 6) is 1.94. The number of aryl methyl sites for hydroxylation is 1. The largest absolute Gasteiger partial charge is 0.469 e. The fourth-order valence-electron chi connectivity index (χ4n) is 2.36. The Bertz CT molecular complexity index is 317. The van der Waals surface area contributed by atoms with Gasteiger partial charge < -0.3 is 9.73 Å². The molecule has 1 aromatic rings. The van der Waals surface area contributed by atoms with Gasteiger partial charge in [0.05, 0.1) is 6.26 Å². The number of rotatable bonds is 9. The van der Waals surface area contributed by atoms with E-state index in [0.717, 1.165) is 24.6 Å². The second kappa shape index (κ2) is 8.36. The predicted octanol–water partition coefficient (Wildman–Crippen LogP) is 4.71. The Labute approximate surface area is 112 Å². The Morgan fingerprint density at radius 3 is 2.61 bits per heavy atom. The minimum absolute atomic E-state index is 0.470. The van der Waals surface area contributed by atoms with Crippen molar-refractivity contribution < 1.29 is 4.42 Å². The highest BCUT2D eigenvalue weighted by atomic mass is 16.3. The van der Waals surface area contributed by atoms with Gasteiger partial charge in [-0.05, 0) is 31.4 Å². The van der Waals surface area contributed by atoms with E-state index >= 15 is 0 Å². The molecular formula is C16H29NO. The smallest absolute Gasteiger partial charge is 0.108 e.